The van der Waals surface area contributed by atoms with Crippen LogP contribution in [0.15, 0.2) is 36.7 Å². The minimum atomic E-state index is 0.677. The number of hydrogen-bond acceptors (Lipinski definition) is 1. The van der Waals surface area contributed by atoms with E-state index in [-0.39, 0.29) is 0 Å². The monoisotopic (exact) mass is 262 g/mol. The van der Waals surface area contributed by atoms with Crippen LogP contribution in [0.25, 0.3) is 0 Å². The average molecular weight is 262 g/mol. The van der Waals surface area contributed by atoms with Crippen LogP contribution in [0.2, 0.25) is 0 Å². The normalized spacial score (nSPS) is 23.9. The van der Waals surface area contributed by atoms with E-state index >= 15 is 0 Å². The summed E-state index contributed by atoms with van der Waals surface area (Å²) in [6, 6.07) is 8.80. The molecule has 1 saturated carbocycles. The molecule has 104 valence electrons. The Bertz CT molecular complexity index is 388. The van der Waals surface area contributed by atoms with Crippen molar-refractivity contribution in [1.82, 2.24) is 0 Å². The molecule has 1 aromatic rings. The third-order valence-corrected chi connectivity index (χ3v) is 4.17. The Morgan fingerprint density at radius 2 is 1.84 bits per heavy atom. The highest BCUT2D eigenvalue weighted by molar-refractivity contribution is 5.25. The van der Waals surface area contributed by atoms with Crippen LogP contribution in [0.4, 0.5) is 4.39 Å². The number of rotatable bonds is 5. The van der Waals surface area contributed by atoms with E-state index in [9.17, 15) is 4.39 Å². The van der Waals surface area contributed by atoms with E-state index in [1.54, 1.807) is 13.2 Å². The maximum atomic E-state index is 12.0. The Labute approximate surface area is 115 Å². The molecule has 0 unspecified atom stereocenters. The Balaban J connectivity index is 1.86. The zero-order valence-electron chi connectivity index (χ0n) is 11.6. The van der Waals surface area contributed by atoms with Crippen molar-refractivity contribution in [3.8, 4) is 0 Å². The number of allylic oxidation sites excluding steroid dienone is 1. The van der Waals surface area contributed by atoms with Crippen molar-refractivity contribution < 1.29 is 9.13 Å². The molecule has 0 N–H and O–H groups in total. The van der Waals surface area contributed by atoms with Gasteiger partial charge in [-0.3, -0.25) is 0 Å². The van der Waals surface area contributed by atoms with E-state index in [4.69, 9.17) is 4.74 Å². The highest BCUT2D eigenvalue weighted by Crippen LogP contribution is 2.37. The Morgan fingerprint density at radius 1 is 1.16 bits per heavy atom. The zero-order valence-corrected chi connectivity index (χ0v) is 11.6. The summed E-state index contributed by atoms with van der Waals surface area (Å²) in [5.74, 6) is 1.36. The zero-order chi connectivity index (χ0) is 13.5. The number of benzene rings is 1. The van der Waals surface area contributed by atoms with Crippen LogP contribution in [-0.2, 0) is 11.3 Å². The lowest BCUT2D eigenvalue weighted by molar-refractivity contribution is 0.185. The van der Waals surface area contributed by atoms with Crippen LogP contribution >= 0.6 is 0 Å². The van der Waals surface area contributed by atoms with Gasteiger partial charge in [0, 0.05) is 7.11 Å². The fourth-order valence-corrected chi connectivity index (χ4v) is 3.03. The summed E-state index contributed by atoms with van der Waals surface area (Å²) in [4.78, 5) is 0. The van der Waals surface area contributed by atoms with Crippen molar-refractivity contribution in [3.63, 3.8) is 0 Å². The number of ether oxygens (including phenoxy) is 1. The van der Waals surface area contributed by atoms with Crippen molar-refractivity contribution in [2.24, 2.45) is 5.92 Å². The molecular formula is C17H23FO. The molecule has 0 bridgehead atoms. The van der Waals surface area contributed by atoms with Crippen LogP contribution in [0.1, 0.15) is 49.1 Å². The van der Waals surface area contributed by atoms with Gasteiger partial charge in [0.25, 0.3) is 0 Å². The van der Waals surface area contributed by atoms with Crippen LogP contribution in [0.3, 0.4) is 0 Å². The van der Waals surface area contributed by atoms with E-state index < -0.39 is 0 Å². The van der Waals surface area contributed by atoms with Crippen molar-refractivity contribution in [3.05, 3.63) is 47.8 Å². The summed E-state index contributed by atoms with van der Waals surface area (Å²) in [6.07, 6.45) is 8.13. The molecule has 0 atom stereocenters. The van der Waals surface area contributed by atoms with Gasteiger partial charge in [-0.2, -0.15) is 0 Å². The molecule has 1 aliphatic rings. The summed E-state index contributed by atoms with van der Waals surface area (Å²) < 4.78 is 17.1. The lowest BCUT2D eigenvalue weighted by Crippen LogP contribution is -2.12. The Kier molecular flexibility index (Phi) is 5.59. The highest BCUT2D eigenvalue weighted by atomic mass is 19.1. The molecular weight excluding hydrogens is 239 g/mol. The van der Waals surface area contributed by atoms with E-state index in [1.807, 2.05) is 0 Å². The molecule has 0 spiro atoms. The molecule has 2 heteroatoms. The minimum Gasteiger partial charge on any atom is -0.380 e. The van der Waals surface area contributed by atoms with Gasteiger partial charge in [-0.15, -0.1) is 0 Å². The van der Waals surface area contributed by atoms with Crippen molar-refractivity contribution >= 4 is 0 Å². The van der Waals surface area contributed by atoms with Crippen molar-refractivity contribution in [2.75, 3.05) is 7.11 Å². The van der Waals surface area contributed by atoms with Gasteiger partial charge in [0.1, 0.15) is 0 Å². The first-order valence-corrected chi connectivity index (χ1v) is 7.16. The van der Waals surface area contributed by atoms with Gasteiger partial charge in [-0.05, 0) is 55.1 Å². The second-order valence-electron chi connectivity index (χ2n) is 5.49. The lowest BCUT2D eigenvalue weighted by atomic mass is 9.77. The maximum Gasteiger partial charge on any atom is 0.0827 e. The number of halogens is 1. The van der Waals surface area contributed by atoms with Crippen molar-refractivity contribution in [2.45, 2.75) is 44.6 Å². The smallest absolute Gasteiger partial charge is 0.0827 e. The lowest BCUT2D eigenvalue weighted by Gasteiger charge is -2.28. The van der Waals surface area contributed by atoms with Gasteiger partial charge >= 0.3 is 0 Å². The molecule has 1 aromatic carbocycles. The maximum absolute atomic E-state index is 12.0. The van der Waals surface area contributed by atoms with Crippen LogP contribution in [0.5, 0.6) is 0 Å². The van der Waals surface area contributed by atoms with Crippen molar-refractivity contribution in [1.29, 1.82) is 0 Å². The summed E-state index contributed by atoms with van der Waals surface area (Å²) in [5, 5.41) is 0. The Hall–Kier alpha value is -1.15. The third-order valence-electron chi connectivity index (χ3n) is 4.17. The molecule has 0 amide bonds. The second-order valence-corrected chi connectivity index (χ2v) is 5.49. The predicted octanol–water partition coefficient (Wildman–Crippen LogP) is 4.98. The predicted molar refractivity (Wildman–Crippen MR) is 76.7 cm³/mol. The topological polar surface area (TPSA) is 9.23 Å². The van der Waals surface area contributed by atoms with Gasteiger partial charge < -0.3 is 4.74 Å². The molecule has 0 aromatic heterocycles. The SMILES string of the molecule is COCc1ccc([C@H]2CC[C@H](CC=CF)CC2)cc1. The standard InChI is InChI=1S/C17H23FO/c1-19-13-15-6-10-17(11-7-15)16-8-4-14(5-9-16)3-2-12-18/h2,6-7,10-12,14,16H,3-5,8-9,13H2,1H3/t14-,16-. The molecule has 0 aliphatic heterocycles. The van der Waals surface area contributed by atoms with Gasteiger partial charge in [0.2, 0.25) is 0 Å². The number of hydrogen-bond donors (Lipinski definition) is 0. The van der Waals surface area contributed by atoms with Crippen LogP contribution in [-0.4, -0.2) is 7.11 Å². The molecule has 1 fully saturated rings. The first kappa shape index (κ1) is 14.3. The molecule has 19 heavy (non-hydrogen) atoms. The molecule has 0 heterocycles. The molecule has 0 radical (unpaired) electrons. The van der Waals surface area contributed by atoms with E-state index in [1.165, 1.54) is 36.8 Å². The largest absolute Gasteiger partial charge is 0.380 e. The average Bonchev–Trinajstić information content (AvgIpc) is 2.47. The van der Waals surface area contributed by atoms with Gasteiger partial charge in [-0.1, -0.05) is 30.3 Å². The fourth-order valence-electron chi connectivity index (χ4n) is 3.03. The van der Waals surface area contributed by atoms with Gasteiger partial charge in [0.05, 0.1) is 12.9 Å². The quantitative estimate of drug-likeness (QED) is 0.727. The number of methoxy groups -OCH3 is 1. The first-order chi connectivity index (χ1) is 9.33. The molecule has 1 nitrogen and oxygen atoms in total. The Morgan fingerprint density at radius 3 is 2.42 bits per heavy atom. The van der Waals surface area contributed by atoms with E-state index in [2.05, 4.69) is 24.3 Å². The van der Waals surface area contributed by atoms with Gasteiger partial charge in [-0.25, -0.2) is 4.39 Å². The summed E-state index contributed by atoms with van der Waals surface area (Å²) >= 11 is 0. The van der Waals surface area contributed by atoms with Gasteiger partial charge in [0.15, 0.2) is 0 Å². The minimum absolute atomic E-state index is 0.677. The molecule has 1 aliphatic carbocycles. The first-order valence-electron chi connectivity index (χ1n) is 7.16. The summed E-state index contributed by atoms with van der Waals surface area (Å²) in [7, 11) is 1.72. The summed E-state index contributed by atoms with van der Waals surface area (Å²) in [6.45, 7) is 0.683. The van der Waals surface area contributed by atoms with Crippen LogP contribution in [0, 0.1) is 5.92 Å². The summed E-state index contributed by atoms with van der Waals surface area (Å²) in [5.41, 5.74) is 2.67. The van der Waals surface area contributed by atoms with E-state index in [0.29, 0.717) is 24.8 Å². The second kappa shape index (κ2) is 7.44. The molecule has 2 rings (SSSR count). The third kappa shape index (κ3) is 4.17. The fraction of sp³-hybridized carbons (Fsp3) is 0.529. The van der Waals surface area contributed by atoms with Crippen LogP contribution < -0.4 is 0 Å². The van der Waals surface area contributed by atoms with E-state index in [0.717, 1.165) is 6.42 Å². The molecule has 0 saturated heterocycles. The highest BCUT2D eigenvalue weighted by Gasteiger charge is 2.21.